The van der Waals surface area contributed by atoms with Crippen LogP contribution in [-0.2, 0) is 9.59 Å². The third-order valence-corrected chi connectivity index (χ3v) is 1.74. The van der Waals surface area contributed by atoms with E-state index in [1.165, 1.54) is 0 Å². The lowest BCUT2D eigenvalue weighted by molar-refractivity contribution is -0.126. The van der Waals surface area contributed by atoms with E-state index in [9.17, 15) is 9.59 Å². The maximum absolute atomic E-state index is 11.1. The Morgan fingerprint density at radius 1 is 1.36 bits per heavy atom. The number of hydrogen-bond donors (Lipinski definition) is 3. The molecule has 0 aromatic carbocycles. The minimum absolute atomic E-state index is 0.00242. The maximum atomic E-state index is 11.1. The summed E-state index contributed by atoms with van der Waals surface area (Å²) in [4.78, 5) is 21.9. The summed E-state index contributed by atoms with van der Waals surface area (Å²) in [6.45, 7) is 3.57. The van der Waals surface area contributed by atoms with Gasteiger partial charge in [-0.05, 0) is 13.3 Å². The summed E-state index contributed by atoms with van der Waals surface area (Å²) >= 11 is 0. The van der Waals surface area contributed by atoms with E-state index in [1.807, 2.05) is 0 Å². The average Bonchev–Trinajstić information content (AvgIpc) is 2.14. The number of carbonyl (C=O) groups excluding carboxylic acids is 2. The van der Waals surface area contributed by atoms with E-state index in [0.29, 0.717) is 12.8 Å². The Bertz CT molecular complexity index is 194. The summed E-state index contributed by atoms with van der Waals surface area (Å²) in [5, 5.41) is 13.7. The third kappa shape index (κ3) is 6.42. The summed E-state index contributed by atoms with van der Waals surface area (Å²) in [5.41, 5.74) is 0. The Balaban J connectivity index is 3.59. The van der Waals surface area contributed by atoms with Gasteiger partial charge in [0, 0.05) is 19.1 Å². The van der Waals surface area contributed by atoms with Crippen molar-refractivity contribution >= 4 is 11.8 Å². The minimum Gasteiger partial charge on any atom is -0.396 e. The van der Waals surface area contributed by atoms with Gasteiger partial charge in [-0.15, -0.1) is 0 Å². The molecule has 0 aliphatic heterocycles. The summed E-state index contributed by atoms with van der Waals surface area (Å²) in [7, 11) is 0. The lowest BCUT2D eigenvalue weighted by atomic mass is 10.2. The highest BCUT2D eigenvalue weighted by Crippen LogP contribution is 1.87. The zero-order chi connectivity index (χ0) is 11.0. The smallest absolute Gasteiger partial charge is 0.239 e. The lowest BCUT2D eigenvalue weighted by Crippen LogP contribution is -2.41. The molecule has 5 heteroatoms. The van der Waals surface area contributed by atoms with Crippen LogP contribution in [0.15, 0.2) is 0 Å². The second kappa shape index (κ2) is 7.32. The van der Waals surface area contributed by atoms with E-state index in [2.05, 4.69) is 10.6 Å². The summed E-state index contributed by atoms with van der Waals surface area (Å²) < 4.78 is 0. The molecule has 0 rings (SSSR count). The van der Waals surface area contributed by atoms with Gasteiger partial charge in [0.15, 0.2) is 0 Å². The highest BCUT2D eigenvalue weighted by molar-refractivity contribution is 5.84. The molecule has 0 heterocycles. The van der Waals surface area contributed by atoms with E-state index in [0.717, 1.165) is 0 Å². The lowest BCUT2D eigenvalue weighted by Gasteiger charge is -2.12. The second-order valence-electron chi connectivity index (χ2n) is 3.11. The molecule has 82 valence electrons. The molecule has 0 aromatic heterocycles. The van der Waals surface area contributed by atoms with Crippen molar-refractivity contribution in [2.75, 3.05) is 13.2 Å². The van der Waals surface area contributed by atoms with Crippen molar-refractivity contribution in [1.29, 1.82) is 0 Å². The van der Waals surface area contributed by atoms with E-state index >= 15 is 0 Å². The first-order valence-corrected chi connectivity index (χ1v) is 4.77. The molecule has 0 radical (unpaired) electrons. The molecule has 5 nitrogen and oxygen atoms in total. The molecule has 2 amide bonds. The predicted octanol–water partition coefficient (Wildman–Crippen LogP) is -0.600. The number of aliphatic hydroxyl groups is 1. The number of hydrogen-bond acceptors (Lipinski definition) is 3. The maximum Gasteiger partial charge on any atom is 0.239 e. The van der Waals surface area contributed by atoms with Crippen LogP contribution in [0.5, 0.6) is 0 Å². The van der Waals surface area contributed by atoms with Crippen molar-refractivity contribution in [1.82, 2.24) is 10.6 Å². The van der Waals surface area contributed by atoms with Gasteiger partial charge in [-0.2, -0.15) is 0 Å². The fourth-order valence-corrected chi connectivity index (χ4v) is 0.896. The molecule has 0 spiro atoms. The third-order valence-electron chi connectivity index (χ3n) is 1.74. The molecule has 1 unspecified atom stereocenters. The first-order chi connectivity index (χ1) is 6.60. The van der Waals surface area contributed by atoms with Crippen LogP contribution >= 0.6 is 0 Å². The van der Waals surface area contributed by atoms with Gasteiger partial charge in [0.05, 0.1) is 6.54 Å². The fourth-order valence-electron chi connectivity index (χ4n) is 0.896. The van der Waals surface area contributed by atoms with E-state index in [1.54, 1.807) is 13.8 Å². The van der Waals surface area contributed by atoms with Gasteiger partial charge in [-0.25, -0.2) is 0 Å². The van der Waals surface area contributed by atoms with Gasteiger partial charge in [-0.1, -0.05) is 6.92 Å². The molecule has 0 aliphatic carbocycles. The van der Waals surface area contributed by atoms with E-state index in [4.69, 9.17) is 5.11 Å². The fraction of sp³-hybridized carbons (Fsp3) is 0.778. The summed E-state index contributed by atoms with van der Waals surface area (Å²) in [5.74, 6) is -0.372. The van der Waals surface area contributed by atoms with Crippen molar-refractivity contribution in [2.45, 2.75) is 32.7 Å². The summed E-state index contributed by atoms with van der Waals surface area (Å²) in [6, 6.07) is -0.0639. The van der Waals surface area contributed by atoms with Crippen LogP contribution in [0.4, 0.5) is 0 Å². The topological polar surface area (TPSA) is 78.4 Å². The van der Waals surface area contributed by atoms with Crippen molar-refractivity contribution in [3.63, 3.8) is 0 Å². The van der Waals surface area contributed by atoms with Crippen LogP contribution in [0.25, 0.3) is 0 Å². The molecular weight excluding hydrogens is 184 g/mol. The van der Waals surface area contributed by atoms with Crippen LogP contribution in [0.1, 0.15) is 26.7 Å². The van der Waals surface area contributed by atoms with Gasteiger partial charge in [0.25, 0.3) is 0 Å². The quantitative estimate of drug-likeness (QED) is 0.538. The molecule has 0 aliphatic rings. The van der Waals surface area contributed by atoms with Crippen LogP contribution < -0.4 is 10.6 Å². The molecule has 0 aromatic rings. The molecule has 0 saturated heterocycles. The first-order valence-electron chi connectivity index (χ1n) is 4.77. The molecule has 0 bridgehead atoms. The molecular formula is C9H18N2O3. The molecule has 0 fully saturated rings. The van der Waals surface area contributed by atoms with Crippen LogP contribution in [0, 0.1) is 0 Å². The second-order valence-corrected chi connectivity index (χ2v) is 3.11. The molecule has 0 saturated carbocycles. The largest absolute Gasteiger partial charge is 0.396 e. The standard InChI is InChI=1S/C9H18N2O3/c1-3-8(13)10-6-9(14)11-7(2)4-5-12/h7,12H,3-6H2,1-2H3,(H,10,13)(H,11,14). The average molecular weight is 202 g/mol. The molecule has 14 heavy (non-hydrogen) atoms. The number of nitrogens with one attached hydrogen (secondary N) is 2. The zero-order valence-corrected chi connectivity index (χ0v) is 8.67. The monoisotopic (exact) mass is 202 g/mol. The normalized spacial score (nSPS) is 11.9. The Labute approximate surface area is 83.9 Å². The van der Waals surface area contributed by atoms with Crippen molar-refractivity contribution in [3.8, 4) is 0 Å². The number of carbonyl (C=O) groups is 2. The summed E-state index contributed by atoms with van der Waals surface area (Å²) in [6.07, 6.45) is 0.896. The van der Waals surface area contributed by atoms with Gasteiger partial charge in [-0.3, -0.25) is 9.59 Å². The van der Waals surface area contributed by atoms with E-state index in [-0.39, 0.29) is 31.0 Å². The highest BCUT2D eigenvalue weighted by Gasteiger charge is 2.07. The van der Waals surface area contributed by atoms with Gasteiger partial charge < -0.3 is 15.7 Å². The van der Waals surface area contributed by atoms with Crippen LogP contribution in [0.2, 0.25) is 0 Å². The Hall–Kier alpha value is -1.10. The zero-order valence-electron chi connectivity index (χ0n) is 8.67. The molecule has 1 atom stereocenters. The van der Waals surface area contributed by atoms with Crippen LogP contribution in [-0.4, -0.2) is 36.1 Å². The van der Waals surface area contributed by atoms with Crippen LogP contribution in [0.3, 0.4) is 0 Å². The van der Waals surface area contributed by atoms with Gasteiger partial charge >= 0.3 is 0 Å². The van der Waals surface area contributed by atoms with Gasteiger partial charge in [0.2, 0.25) is 11.8 Å². The predicted molar refractivity (Wildman–Crippen MR) is 52.6 cm³/mol. The van der Waals surface area contributed by atoms with Crippen molar-refractivity contribution in [3.05, 3.63) is 0 Å². The highest BCUT2D eigenvalue weighted by atomic mass is 16.3. The van der Waals surface area contributed by atoms with Crippen molar-refractivity contribution < 1.29 is 14.7 Å². The van der Waals surface area contributed by atoms with Crippen molar-refractivity contribution in [2.24, 2.45) is 0 Å². The number of rotatable bonds is 6. The van der Waals surface area contributed by atoms with E-state index < -0.39 is 0 Å². The first kappa shape index (κ1) is 12.9. The number of amides is 2. The minimum atomic E-state index is -0.229. The SMILES string of the molecule is CCC(=O)NCC(=O)NC(C)CCO. The Morgan fingerprint density at radius 3 is 2.50 bits per heavy atom. The Morgan fingerprint density at radius 2 is 2.00 bits per heavy atom. The Kier molecular flexibility index (Phi) is 6.74. The van der Waals surface area contributed by atoms with Gasteiger partial charge in [0.1, 0.15) is 0 Å². The number of aliphatic hydroxyl groups excluding tert-OH is 1. The molecule has 3 N–H and O–H groups in total.